The zero-order chi connectivity index (χ0) is 16.8. The first-order valence-corrected chi connectivity index (χ1v) is 8.36. The maximum atomic E-state index is 12.3. The molecule has 2 N–H and O–H groups in total. The van der Waals surface area contributed by atoms with E-state index >= 15 is 0 Å². The molecule has 23 heavy (non-hydrogen) atoms. The second kappa shape index (κ2) is 8.06. The Kier molecular flexibility index (Phi) is 6.10. The number of nitrogens with zero attached hydrogens (tertiary/aromatic N) is 1. The molecule has 2 rings (SSSR count). The van der Waals surface area contributed by atoms with E-state index in [2.05, 4.69) is 5.32 Å². The van der Waals surface area contributed by atoms with E-state index in [-0.39, 0.29) is 11.6 Å². The van der Waals surface area contributed by atoms with E-state index in [0.717, 1.165) is 37.1 Å². The highest BCUT2D eigenvalue weighted by Gasteiger charge is 2.20. The SMILES string of the molecule is Cc1cc(NC(=O)C[NH+]2CCCCCCC2)c([N+](=O)[O-])cc1C. The number of benzene rings is 1. The summed E-state index contributed by atoms with van der Waals surface area (Å²) >= 11 is 0. The number of carbonyl (C=O) groups is 1. The molecule has 0 saturated carbocycles. The first-order chi connectivity index (χ1) is 11.0. The van der Waals surface area contributed by atoms with Crippen LogP contribution in [0.5, 0.6) is 0 Å². The molecule has 1 fully saturated rings. The minimum Gasteiger partial charge on any atom is -0.327 e. The fraction of sp³-hybridized carbons (Fsp3) is 0.588. The Labute approximate surface area is 137 Å². The highest BCUT2D eigenvalue weighted by atomic mass is 16.6. The number of anilines is 1. The zero-order valence-electron chi connectivity index (χ0n) is 14.0. The average Bonchev–Trinajstić information content (AvgIpc) is 2.45. The van der Waals surface area contributed by atoms with Crippen LogP contribution >= 0.6 is 0 Å². The Bertz CT molecular complexity index is 579. The summed E-state index contributed by atoms with van der Waals surface area (Å²) in [6.45, 7) is 6.10. The summed E-state index contributed by atoms with van der Waals surface area (Å²) in [5, 5.41) is 13.9. The summed E-state index contributed by atoms with van der Waals surface area (Å²) in [4.78, 5) is 24.3. The Morgan fingerprint density at radius 3 is 2.30 bits per heavy atom. The number of rotatable bonds is 4. The van der Waals surface area contributed by atoms with Crippen molar-refractivity contribution in [1.29, 1.82) is 0 Å². The minimum absolute atomic E-state index is 0.0379. The topological polar surface area (TPSA) is 76.7 Å². The monoisotopic (exact) mass is 320 g/mol. The van der Waals surface area contributed by atoms with E-state index in [0.29, 0.717) is 12.2 Å². The molecule has 0 bridgehead atoms. The van der Waals surface area contributed by atoms with Gasteiger partial charge in [0.25, 0.3) is 11.6 Å². The van der Waals surface area contributed by atoms with Crippen molar-refractivity contribution in [3.05, 3.63) is 33.4 Å². The maximum Gasteiger partial charge on any atom is 0.293 e. The van der Waals surface area contributed by atoms with Crippen LogP contribution in [-0.2, 0) is 4.79 Å². The van der Waals surface area contributed by atoms with Crippen LogP contribution in [0.25, 0.3) is 0 Å². The molecule has 1 aromatic rings. The first kappa shape index (κ1) is 17.4. The van der Waals surface area contributed by atoms with Crippen LogP contribution in [-0.4, -0.2) is 30.5 Å². The molecule has 0 aromatic heterocycles. The second-order valence-electron chi connectivity index (χ2n) is 6.45. The normalized spacial score (nSPS) is 16.4. The summed E-state index contributed by atoms with van der Waals surface area (Å²) in [5.74, 6) is -0.146. The van der Waals surface area contributed by atoms with Gasteiger partial charge in [-0.15, -0.1) is 0 Å². The van der Waals surface area contributed by atoms with Crippen molar-refractivity contribution < 1.29 is 14.6 Å². The molecule has 1 amide bonds. The van der Waals surface area contributed by atoms with Gasteiger partial charge in [-0.3, -0.25) is 14.9 Å². The van der Waals surface area contributed by atoms with Gasteiger partial charge in [0.2, 0.25) is 0 Å². The molecule has 126 valence electrons. The Hall–Kier alpha value is -1.95. The van der Waals surface area contributed by atoms with E-state index in [9.17, 15) is 14.9 Å². The molecule has 6 nitrogen and oxygen atoms in total. The van der Waals surface area contributed by atoms with Gasteiger partial charge in [0.15, 0.2) is 6.54 Å². The lowest BCUT2D eigenvalue weighted by atomic mass is 10.1. The Morgan fingerprint density at radius 1 is 1.13 bits per heavy atom. The van der Waals surface area contributed by atoms with Crippen LogP contribution in [0.1, 0.15) is 43.2 Å². The Balaban J connectivity index is 2.04. The molecule has 1 heterocycles. The van der Waals surface area contributed by atoms with Crippen molar-refractivity contribution in [3.63, 3.8) is 0 Å². The van der Waals surface area contributed by atoms with Crippen molar-refractivity contribution in [2.24, 2.45) is 0 Å². The molecular weight excluding hydrogens is 294 g/mol. The number of nitro groups is 1. The highest BCUT2D eigenvalue weighted by molar-refractivity contribution is 5.94. The Morgan fingerprint density at radius 2 is 1.70 bits per heavy atom. The molecule has 0 aliphatic carbocycles. The van der Waals surface area contributed by atoms with E-state index in [1.165, 1.54) is 30.2 Å². The number of amides is 1. The quantitative estimate of drug-likeness (QED) is 0.658. The summed E-state index contributed by atoms with van der Waals surface area (Å²) in [6.07, 6.45) is 6.04. The standard InChI is InChI=1S/C17H25N3O3/c1-13-10-15(16(20(22)23)11-14(13)2)18-17(21)12-19-8-6-4-3-5-7-9-19/h10-11H,3-9,12H2,1-2H3,(H,18,21)/p+1. The molecule has 1 aliphatic heterocycles. The third-order valence-corrected chi connectivity index (χ3v) is 4.55. The molecule has 0 atom stereocenters. The fourth-order valence-corrected chi connectivity index (χ4v) is 3.06. The molecule has 1 aromatic carbocycles. The van der Waals surface area contributed by atoms with Crippen LogP contribution in [0.3, 0.4) is 0 Å². The molecule has 0 spiro atoms. The number of nitro benzene ring substituents is 1. The third-order valence-electron chi connectivity index (χ3n) is 4.55. The number of carbonyl (C=O) groups excluding carboxylic acids is 1. The molecule has 0 radical (unpaired) electrons. The van der Waals surface area contributed by atoms with E-state index in [1.807, 2.05) is 13.8 Å². The minimum atomic E-state index is -0.439. The number of hydrogen-bond acceptors (Lipinski definition) is 3. The lowest BCUT2D eigenvalue weighted by Gasteiger charge is -2.21. The second-order valence-corrected chi connectivity index (χ2v) is 6.45. The van der Waals surface area contributed by atoms with Gasteiger partial charge in [0.05, 0.1) is 18.0 Å². The number of hydrogen-bond donors (Lipinski definition) is 2. The third kappa shape index (κ3) is 5.03. The molecular formula is C17H26N3O3+. The van der Waals surface area contributed by atoms with Crippen molar-refractivity contribution in [3.8, 4) is 0 Å². The van der Waals surface area contributed by atoms with Gasteiger partial charge in [-0.05, 0) is 56.7 Å². The average molecular weight is 320 g/mol. The largest absolute Gasteiger partial charge is 0.327 e. The number of aryl methyl sites for hydroxylation is 2. The van der Waals surface area contributed by atoms with Crippen molar-refractivity contribution in [1.82, 2.24) is 0 Å². The molecule has 6 heteroatoms. The predicted octanol–water partition coefficient (Wildman–Crippen LogP) is 2.00. The van der Waals surface area contributed by atoms with E-state index in [1.54, 1.807) is 6.07 Å². The molecule has 1 aliphatic rings. The maximum absolute atomic E-state index is 12.3. The van der Waals surface area contributed by atoms with Gasteiger partial charge in [-0.2, -0.15) is 0 Å². The van der Waals surface area contributed by atoms with Crippen molar-refractivity contribution >= 4 is 17.3 Å². The van der Waals surface area contributed by atoms with Crippen molar-refractivity contribution in [2.75, 3.05) is 25.0 Å². The van der Waals surface area contributed by atoms with Gasteiger partial charge >= 0.3 is 0 Å². The van der Waals surface area contributed by atoms with Crippen LogP contribution in [0.2, 0.25) is 0 Å². The summed E-state index contributed by atoms with van der Waals surface area (Å²) in [7, 11) is 0. The highest BCUT2D eigenvalue weighted by Crippen LogP contribution is 2.27. The predicted molar refractivity (Wildman–Crippen MR) is 89.8 cm³/mol. The first-order valence-electron chi connectivity index (χ1n) is 8.36. The molecule has 0 unspecified atom stereocenters. The summed E-state index contributed by atoms with van der Waals surface area (Å²) in [6, 6.07) is 3.21. The number of nitrogens with one attached hydrogen (secondary N) is 2. The zero-order valence-corrected chi connectivity index (χ0v) is 14.0. The van der Waals surface area contributed by atoms with E-state index in [4.69, 9.17) is 0 Å². The summed E-state index contributed by atoms with van der Waals surface area (Å²) in [5.41, 5.74) is 2.05. The van der Waals surface area contributed by atoms with Crippen LogP contribution in [0, 0.1) is 24.0 Å². The lowest BCUT2D eigenvalue weighted by Crippen LogP contribution is -3.13. The van der Waals surface area contributed by atoms with Gasteiger partial charge in [-0.25, -0.2) is 0 Å². The van der Waals surface area contributed by atoms with Crippen molar-refractivity contribution in [2.45, 2.75) is 46.0 Å². The van der Waals surface area contributed by atoms with Gasteiger partial charge in [0.1, 0.15) is 5.69 Å². The fourth-order valence-electron chi connectivity index (χ4n) is 3.06. The number of quaternary nitrogens is 1. The van der Waals surface area contributed by atoms with Crippen LogP contribution in [0.15, 0.2) is 12.1 Å². The van der Waals surface area contributed by atoms with E-state index < -0.39 is 4.92 Å². The number of likely N-dealkylation sites (tertiary alicyclic amines) is 1. The van der Waals surface area contributed by atoms with Crippen LogP contribution in [0.4, 0.5) is 11.4 Å². The van der Waals surface area contributed by atoms with Gasteiger partial charge < -0.3 is 10.2 Å². The summed E-state index contributed by atoms with van der Waals surface area (Å²) < 4.78 is 0. The lowest BCUT2D eigenvalue weighted by molar-refractivity contribution is -0.892. The molecule has 1 saturated heterocycles. The van der Waals surface area contributed by atoms with Crippen LogP contribution < -0.4 is 10.2 Å². The smallest absolute Gasteiger partial charge is 0.293 e. The van der Waals surface area contributed by atoms with Gasteiger partial charge in [-0.1, -0.05) is 6.42 Å². The van der Waals surface area contributed by atoms with Gasteiger partial charge in [0, 0.05) is 6.07 Å².